The summed E-state index contributed by atoms with van der Waals surface area (Å²) in [4.78, 5) is 53.5. The second kappa shape index (κ2) is 21.5. The molecule has 1 saturated heterocycles. The molecule has 5 aromatic rings. The number of amides is 4. The van der Waals surface area contributed by atoms with Crippen molar-refractivity contribution >= 4 is 44.2 Å². The van der Waals surface area contributed by atoms with Crippen molar-refractivity contribution in [2.24, 2.45) is 0 Å². The Morgan fingerprint density at radius 1 is 0.723 bits per heavy atom. The van der Waals surface area contributed by atoms with Gasteiger partial charge >= 0.3 is 0 Å². The first-order valence-electron chi connectivity index (χ1n) is 21.3. The Labute approximate surface area is 376 Å². The lowest BCUT2D eigenvalue weighted by Crippen LogP contribution is -2.54. The molecule has 0 aliphatic carbocycles. The lowest BCUT2D eigenvalue weighted by Gasteiger charge is -2.27. The number of sulfone groups is 1. The maximum atomic E-state index is 13.2. The van der Waals surface area contributed by atoms with E-state index in [1.807, 2.05) is 36.4 Å². The van der Waals surface area contributed by atoms with E-state index in [4.69, 9.17) is 28.4 Å². The highest BCUT2D eigenvalue weighted by atomic mass is 32.2. The summed E-state index contributed by atoms with van der Waals surface area (Å²) in [6.45, 7) is 7.13. The quantitative estimate of drug-likeness (QED) is 0.0604. The summed E-state index contributed by atoms with van der Waals surface area (Å²) in [7, 11) is -3.35. The van der Waals surface area contributed by atoms with E-state index in [0.717, 1.165) is 39.9 Å². The molecule has 2 N–H and O–H groups in total. The number of carbonyl (C=O) groups excluding carboxylic acids is 4. The molecule has 2 aliphatic heterocycles. The van der Waals surface area contributed by atoms with Crippen LogP contribution in [-0.2, 0) is 33.6 Å². The number of carbonyl (C=O) groups is 4. The third-order valence-corrected chi connectivity index (χ3v) is 12.1. The number of benzene rings is 5. The molecule has 0 saturated carbocycles. The van der Waals surface area contributed by atoms with Crippen molar-refractivity contribution < 1.29 is 61.1 Å². The lowest BCUT2D eigenvalue weighted by atomic mass is 9.99. The Kier molecular flexibility index (Phi) is 15.4. The largest absolute Gasteiger partial charge is 0.508 e. The molecule has 0 spiro atoms. The Hall–Kier alpha value is -6.37. The van der Waals surface area contributed by atoms with Gasteiger partial charge in [-0.15, -0.1) is 0 Å². The molecule has 2 heterocycles. The average molecular weight is 910 g/mol. The van der Waals surface area contributed by atoms with Crippen molar-refractivity contribution in [2.45, 2.75) is 30.7 Å². The predicted octanol–water partition coefficient (Wildman–Crippen LogP) is 5.64. The molecule has 0 bridgehead atoms. The fraction of sp³-hybridized carbons (Fsp3) is 0.333. The highest BCUT2D eigenvalue weighted by molar-refractivity contribution is 7.90. The zero-order valence-electron chi connectivity index (χ0n) is 36.2. The van der Waals surface area contributed by atoms with E-state index in [9.17, 15) is 32.7 Å². The molecule has 0 aromatic heterocycles. The van der Waals surface area contributed by atoms with E-state index in [-0.39, 0.29) is 53.6 Å². The van der Waals surface area contributed by atoms with Gasteiger partial charge in [-0.25, -0.2) is 8.42 Å². The van der Waals surface area contributed by atoms with Gasteiger partial charge in [0.1, 0.15) is 48.0 Å². The van der Waals surface area contributed by atoms with Crippen LogP contribution in [0.3, 0.4) is 0 Å². The van der Waals surface area contributed by atoms with E-state index in [2.05, 4.69) is 17.1 Å². The highest BCUT2D eigenvalue weighted by Gasteiger charge is 2.46. The molecule has 4 amide bonds. The lowest BCUT2D eigenvalue weighted by molar-refractivity contribution is -0.136. The molecule has 2 aliphatic rings. The number of aromatic hydroxyl groups is 1. The van der Waals surface area contributed by atoms with Crippen LogP contribution in [0.1, 0.15) is 40.5 Å². The minimum Gasteiger partial charge on any atom is -0.508 e. The number of nitrogens with zero attached hydrogens (tertiary/aromatic N) is 2. The van der Waals surface area contributed by atoms with Crippen LogP contribution in [0.4, 0.5) is 0 Å². The minimum atomic E-state index is -3.35. The van der Waals surface area contributed by atoms with Crippen LogP contribution in [-0.4, -0.2) is 132 Å². The first-order chi connectivity index (χ1) is 31.4. The highest BCUT2D eigenvalue weighted by Crippen LogP contribution is 2.41. The smallest absolute Gasteiger partial charge is 0.266 e. The Morgan fingerprint density at radius 3 is 2.09 bits per heavy atom. The molecule has 0 radical (unpaired) electrons. The Bertz CT molecular complexity index is 2620. The zero-order chi connectivity index (χ0) is 45.9. The number of phenols is 1. The van der Waals surface area contributed by atoms with Crippen molar-refractivity contribution in [1.29, 1.82) is 0 Å². The number of likely N-dealkylation sites (N-methyl/N-ethyl adjacent to an activating group) is 1. The minimum absolute atomic E-state index is 0.0406. The van der Waals surface area contributed by atoms with Gasteiger partial charge in [0.2, 0.25) is 11.8 Å². The maximum absolute atomic E-state index is 13.2. The van der Waals surface area contributed by atoms with Crippen LogP contribution in [0.25, 0.3) is 21.9 Å². The van der Waals surface area contributed by atoms with Gasteiger partial charge in [-0.05, 0) is 96.7 Å². The van der Waals surface area contributed by atoms with Crippen molar-refractivity contribution in [2.75, 3.05) is 78.7 Å². The number of ether oxygens (including phenoxy) is 6. The van der Waals surface area contributed by atoms with Crippen LogP contribution in [0.15, 0.2) is 102 Å². The molecule has 17 heteroatoms. The van der Waals surface area contributed by atoms with Gasteiger partial charge in [0.05, 0.1) is 55.7 Å². The van der Waals surface area contributed by atoms with Gasteiger partial charge in [-0.3, -0.25) is 34.3 Å². The number of piperidine rings is 1. The molecular formula is C48H51N3O13S. The zero-order valence-corrected chi connectivity index (χ0v) is 37.0. The number of rotatable bonds is 23. The first kappa shape index (κ1) is 46.6. The second-order valence-electron chi connectivity index (χ2n) is 15.3. The Morgan fingerprint density at radius 2 is 1.40 bits per heavy atom. The second-order valence-corrected chi connectivity index (χ2v) is 17.3. The van der Waals surface area contributed by atoms with Crippen LogP contribution >= 0.6 is 0 Å². The SMILES string of the molecule is CCN(CCOCCOCCOCCOc1cccc2c1C(=O)N(C1CCC(=O)NC1=O)C2=O)CCOc1ccc(Oc2c(-c3ccc(S(C)(=O)=O)cc3)ccc3cc(O)ccc23)cc1. The summed E-state index contributed by atoms with van der Waals surface area (Å²) >= 11 is 0. The van der Waals surface area contributed by atoms with Gasteiger partial charge < -0.3 is 33.5 Å². The maximum Gasteiger partial charge on any atom is 0.266 e. The number of hydrogen-bond acceptors (Lipinski definition) is 14. The summed E-state index contributed by atoms with van der Waals surface area (Å²) in [5, 5.41) is 13.9. The molecular weight excluding hydrogens is 859 g/mol. The number of phenolic OH excluding ortho intramolecular Hbond substituents is 1. The van der Waals surface area contributed by atoms with Gasteiger partial charge in [0, 0.05) is 36.7 Å². The number of fused-ring (bicyclic) bond motifs is 2. The molecule has 7 rings (SSSR count). The average Bonchev–Trinajstić information content (AvgIpc) is 3.55. The van der Waals surface area contributed by atoms with E-state index in [1.54, 1.807) is 54.6 Å². The van der Waals surface area contributed by atoms with Gasteiger partial charge in [0.15, 0.2) is 9.84 Å². The fourth-order valence-corrected chi connectivity index (χ4v) is 8.13. The van der Waals surface area contributed by atoms with E-state index in [1.165, 1.54) is 12.3 Å². The third kappa shape index (κ3) is 11.7. The van der Waals surface area contributed by atoms with Crippen molar-refractivity contribution in [3.8, 4) is 39.9 Å². The van der Waals surface area contributed by atoms with E-state index in [0.29, 0.717) is 63.4 Å². The van der Waals surface area contributed by atoms with Crippen LogP contribution in [0.5, 0.6) is 28.7 Å². The normalized spacial score (nSPS) is 15.1. The topological polar surface area (TPSA) is 197 Å². The number of imide groups is 2. The standard InChI is InChI=1S/C48H51N3O13S/c1-3-50(21-23-59-25-26-60-27-28-61-29-30-63-42-6-4-5-40-44(42)48(56)51(47(40)55)41-19-20-43(53)49-46(41)54)22-24-62-35-11-13-36(14-12-35)64-45-38(17-9-33-31-34(52)10-18-39(33)45)32-7-15-37(16-8-32)65(2,57)58/h4-18,31,41,52H,3,19-30H2,1-2H3,(H,49,53,54). The number of nitrogens with one attached hydrogen (secondary N) is 1. The van der Waals surface area contributed by atoms with E-state index < -0.39 is 39.5 Å². The van der Waals surface area contributed by atoms with Crippen molar-refractivity contribution in [3.05, 3.63) is 108 Å². The molecule has 342 valence electrons. The summed E-state index contributed by atoms with van der Waals surface area (Å²) in [5.41, 5.74) is 1.79. The molecule has 1 unspecified atom stereocenters. The Balaban J connectivity index is 0.767. The van der Waals surface area contributed by atoms with Crippen molar-refractivity contribution in [3.63, 3.8) is 0 Å². The third-order valence-electron chi connectivity index (χ3n) is 10.9. The van der Waals surface area contributed by atoms with Crippen LogP contribution < -0.4 is 19.5 Å². The molecule has 65 heavy (non-hydrogen) atoms. The summed E-state index contributed by atoms with van der Waals surface area (Å²) < 4.78 is 59.4. The van der Waals surface area contributed by atoms with Gasteiger partial charge in [-0.2, -0.15) is 0 Å². The molecule has 16 nitrogen and oxygen atoms in total. The van der Waals surface area contributed by atoms with Crippen LogP contribution in [0.2, 0.25) is 0 Å². The van der Waals surface area contributed by atoms with Crippen molar-refractivity contribution in [1.82, 2.24) is 15.1 Å². The summed E-state index contributed by atoms with van der Waals surface area (Å²) in [5.74, 6) is -0.141. The summed E-state index contributed by atoms with van der Waals surface area (Å²) in [6.07, 6.45) is 1.29. The summed E-state index contributed by atoms with van der Waals surface area (Å²) in [6, 6.07) is 26.5. The monoisotopic (exact) mass is 909 g/mol. The predicted molar refractivity (Wildman–Crippen MR) is 239 cm³/mol. The van der Waals surface area contributed by atoms with Crippen LogP contribution in [0, 0.1) is 0 Å². The van der Waals surface area contributed by atoms with Gasteiger partial charge in [0.25, 0.3) is 11.8 Å². The van der Waals surface area contributed by atoms with Gasteiger partial charge in [-0.1, -0.05) is 31.2 Å². The molecule has 1 atom stereocenters. The number of hydrogen-bond donors (Lipinski definition) is 2. The molecule has 1 fully saturated rings. The first-order valence-corrected chi connectivity index (χ1v) is 23.2. The fourth-order valence-electron chi connectivity index (χ4n) is 7.50. The van der Waals surface area contributed by atoms with E-state index >= 15 is 0 Å². The molecule has 5 aromatic carbocycles.